The van der Waals surface area contributed by atoms with Crippen LogP contribution in [0, 0.1) is 5.92 Å². The third-order valence-electron chi connectivity index (χ3n) is 4.27. The molecular formula is C18H21ClN4O2. The van der Waals surface area contributed by atoms with Gasteiger partial charge in [0.1, 0.15) is 0 Å². The molecule has 2 amide bonds. The van der Waals surface area contributed by atoms with Crippen molar-refractivity contribution in [2.24, 2.45) is 5.92 Å². The Morgan fingerprint density at radius 1 is 1.12 bits per heavy atom. The second kappa shape index (κ2) is 7.27. The van der Waals surface area contributed by atoms with Gasteiger partial charge in [0.2, 0.25) is 5.91 Å². The molecule has 0 N–H and O–H groups in total. The van der Waals surface area contributed by atoms with Gasteiger partial charge in [-0.1, -0.05) is 31.5 Å². The molecule has 1 aliphatic heterocycles. The molecule has 0 aliphatic carbocycles. The smallest absolute Gasteiger partial charge is 0.257 e. The normalized spacial score (nSPS) is 14.9. The van der Waals surface area contributed by atoms with Gasteiger partial charge in [0.15, 0.2) is 0 Å². The second-order valence-electron chi connectivity index (χ2n) is 6.43. The van der Waals surface area contributed by atoms with Crippen molar-refractivity contribution in [1.82, 2.24) is 19.6 Å². The van der Waals surface area contributed by atoms with Crippen molar-refractivity contribution < 1.29 is 9.59 Å². The first-order valence-corrected chi connectivity index (χ1v) is 8.72. The van der Waals surface area contributed by atoms with Crippen LogP contribution in [0.1, 0.15) is 24.2 Å². The van der Waals surface area contributed by atoms with Crippen molar-refractivity contribution in [3.63, 3.8) is 0 Å². The monoisotopic (exact) mass is 360 g/mol. The zero-order valence-electron chi connectivity index (χ0n) is 14.4. The topological polar surface area (TPSA) is 58.4 Å². The average molecular weight is 361 g/mol. The molecule has 1 aromatic carbocycles. The van der Waals surface area contributed by atoms with Crippen LogP contribution in [-0.2, 0) is 4.79 Å². The van der Waals surface area contributed by atoms with Crippen molar-refractivity contribution in [3.05, 3.63) is 47.2 Å². The van der Waals surface area contributed by atoms with Crippen LogP contribution in [0.3, 0.4) is 0 Å². The van der Waals surface area contributed by atoms with Gasteiger partial charge in [-0.25, -0.2) is 4.68 Å². The summed E-state index contributed by atoms with van der Waals surface area (Å²) in [6.07, 6.45) is 3.27. The van der Waals surface area contributed by atoms with Gasteiger partial charge < -0.3 is 9.80 Å². The Morgan fingerprint density at radius 3 is 2.44 bits per heavy atom. The summed E-state index contributed by atoms with van der Waals surface area (Å²) >= 11 is 6.00. The molecule has 1 saturated heterocycles. The quantitative estimate of drug-likeness (QED) is 0.844. The van der Waals surface area contributed by atoms with Crippen molar-refractivity contribution in [2.75, 3.05) is 26.2 Å². The molecule has 0 saturated carbocycles. The summed E-state index contributed by atoms with van der Waals surface area (Å²) in [5, 5.41) is 4.87. The van der Waals surface area contributed by atoms with Crippen LogP contribution in [0.2, 0.25) is 5.02 Å². The van der Waals surface area contributed by atoms with Crippen molar-refractivity contribution in [1.29, 1.82) is 0 Å². The minimum Gasteiger partial charge on any atom is -0.339 e. The van der Waals surface area contributed by atoms with E-state index in [-0.39, 0.29) is 17.7 Å². The molecule has 132 valence electrons. The number of aromatic nitrogens is 2. The van der Waals surface area contributed by atoms with Crippen LogP contribution in [0.25, 0.3) is 5.69 Å². The third kappa shape index (κ3) is 3.85. The predicted octanol–water partition coefficient (Wildman–Crippen LogP) is 2.47. The van der Waals surface area contributed by atoms with E-state index in [1.54, 1.807) is 34.1 Å². The summed E-state index contributed by atoms with van der Waals surface area (Å²) < 4.78 is 1.64. The molecular weight excluding hydrogens is 340 g/mol. The van der Waals surface area contributed by atoms with Crippen LogP contribution in [0.4, 0.5) is 0 Å². The number of nitrogens with zero attached hydrogens (tertiary/aromatic N) is 4. The van der Waals surface area contributed by atoms with E-state index in [0.29, 0.717) is 36.8 Å². The number of hydrogen-bond donors (Lipinski definition) is 0. The molecule has 7 heteroatoms. The summed E-state index contributed by atoms with van der Waals surface area (Å²) in [5.74, 6) is 0.0592. The van der Waals surface area contributed by atoms with Gasteiger partial charge in [-0.2, -0.15) is 5.10 Å². The molecule has 2 aromatic rings. The second-order valence-corrected chi connectivity index (χ2v) is 6.86. The lowest BCUT2D eigenvalue weighted by atomic mass is 10.1. The average Bonchev–Trinajstić information content (AvgIpc) is 3.10. The molecule has 1 aromatic heterocycles. The number of piperazine rings is 1. The van der Waals surface area contributed by atoms with Gasteiger partial charge >= 0.3 is 0 Å². The Bertz CT molecular complexity index is 779. The molecule has 2 heterocycles. The van der Waals surface area contributed by atoms with E-state index in [0.717, 1.165) is 5.69 Å². The van der Waals surface area contributed by atoms with E-state index in [1.807, 2.05) is 30.9 Å². The Labute approximate surface area is 152 Å². The van der Waals surface area contributed by atoms with Gasteiger partial charge in [0, 0.05) is 43.3 Å². The minimum atomic E-state index is -0.0649. The van der Waals surface area contributed by atoms with Crippen LogP contribution >= 0.6 is 11.6 Å². The number of amides is 2. The number of rotatable bonds is 3. The van der Waals surface area contributed by atoms with E-state index < -0.39 is 0 Å². The van der Waals surface area contributed by atoms with E-state index in [1.165, 1.54) is 0 Å². The van der Waals surface area contributed by atoms with Crippen molar-refractivity contribution in [2.45, 2.75) is 13.8 Å². The highest BCUT2D eigenvalue weighted by Gasteiger charge is 2.26. The molecule has 6 nitrogen and oxygen atoms in total. The van der Waals surface area contributed by atoms with Gasteiger partial charge in [-0.05, 0) is 18.2 Å². The Balaban J connectivity index is 1.66. The number of benzene rings is 1. The maximum Gasteiger partial charge on any atom is 0.257 e. The van der Waals surface area contributed by atoms with E-state index in [2.05, 4.69) is 5.10 Å². The lowest BCUT2D eigenvalue weighted by Gasteiger charge is -2.35. The maximum absolute atomic E-state index is 12.7. The molecule has 0 bridgehead atoms. The number of carbonyl (C=O) groups excluding carboxylic acids is 2. The summed E-state index contributed by atoms with van der Waals surface area (Å²) in [5.41, 5.74) is 1.34. The molecule has 0 spiro atoms. The summed E-state index contributed by atoms with van der Waals surface area (Å²) in [4.78, 5) is 28.3. The fourth-order valence-electron chi connectivity index (χ4n) is 2.87. The lowest BCUT2D eigenvalue weighted by Crippen LogP contribution is -2.51. The van der Waals surface area contributed by atoms with Gasteiger partial charge in [0.05, 0.1) is 17.4 Å². The number of halogens is 1. The van der Waals surface area contributed by atoms with E-state index in [9.17, 15) is 9.59 Å². The molecule has 3 rings (SSSR count). The molecule has 0 radical (unpaired) electrons. The molecule has 25 heavy (non-hydrogen) atoms. The Hall–Kier alpha value is -2.34. The summed E-state index contributed by atoms with van der Waals surface area (Å²) in [6.45, 7) is 6.02. The van der Waals surface area contributed by atoms with Crippen molar-refractivity contribution >= 4 is 23.4 Å². The van der Waals surface area contributed by atoms with Gasteiger partial charge in [0.25, 0.3) is 5.91 Å². The SMILES string of the molecule is CC(C)C(=O)N1CCN(C(=O)c2cnn(-c3cccc(Cl)c3)c2)CC1. The summed E-state index contributed by atoms with van der Waals surface area (Å²) in [6, 6.07) is 7.30. The molecule has 1 aliphatic rings. The first-order valence-electron chi connectivity index (χ1n) is 8.34. The fourth-order valence-corrected chi connectivity index (χ4v) is 3.06. The largest absolute Gasteiger partial charge is 0.339 e. The highest BCUT2D eigenvalue weighted by atomic mass is 35.5. The highest BCUT2D eigenvalue weighted by molar-refractivity contribution is 6.30. The molecule has 1 fully saturated rings. The van der Waals surface area contributed by atoms with Crippen LogP contribution < -0.4 is 0 Å². The van der Waals surface area contributed by atoms with Gasteiger partial charge in [-0.15, -0.1) is 0 Å². The molecule has 0 atom stereocenters. The van der Waals surface area contributed by atoms with Gasteiger partial charge in [-0.3, -0.25) is 9.59 Å². The standard InChI is InChI=1S/C18H21ClN4O2/c1-13(2)17(24)21-6-8-22(9-7-21)18(25)14-11-20-23(12-14)16-5-3-4-15(19)10-16/h3-5,10-13H,6-9H2,1-2H3. The zero-order valence-corrected chi connectivity index (χ0v) is 15.1. The third-order valence-corrected chi connectivity index (χ3v) is 4.51. The first-order chi connectivity index (χ1) is 12.0. The number of carbonyl (C=O) groups is 2. The Kier molecular flexibility index (Phi) is 5.08. The zero-order chi connectivity index (χ0) is 18.0. The van der Waals surface area contributed by atoms with Crippen LogP contribution in [0.5, 0.6) is 0 Å². The molecule has 0 unspecified atom stereocenters. The lowest BCUT2D eigenvalue weighted by molar-refractivity contribution is -0.135. The summed E-state index contributed by atoms with van der Waals surface area (Å²) in [7, 11) is 0. The predicted molar refractivity (Wildman–Crippen MR) is 95.9 cm³/mol. The Morgan fingerprint density at radius 2 is 1.80 bits per heavy atom. The fraction of sp³-hybridized carbons (Fsp3) is 0.389. The van der Waals surface area contributed by atoms with Crippen LogP contribution in [-0.4, -0.2) is 57.6 Å². The van der Waals surface area contributed by atoms with E-state index in [4.69, 9.17) is 11.6 Å². The maximum atomic E-state index is 12.7. The highest BCUT2D eigenvalue weighted by Crippen LogP contribution is 2.16. The minimum absolute atomic E-state index is 0.0156. The first kappa shape index (κ1) is 17.5. The van der Waals surface area contributed by atoms with E-state index >= 15 is 0 Å². The van der Waals surface area contributed by atoms with Crippen molar-refractivity contribution in [3.8, 4) is 5.69 Å². The van der Waals surface area contributed by atoms with Crippen LogP contribution in [0.15, 0.2) is 36.7 Å². The number of hydrogen-bond acceptors (Lipinski definition) is 3.